The van der Waals surface area contributed by atoms with Gasteiger partial charge in [-0.15, -0.1) is 0 Å². The number of hydrogen-bond donors (Lipinski definition) is 0. The summed E-state index contributed by atoms with van der Waals surface area (Å²) in [6.45, 7) is 0. The van der Waals surface area contributed by atoms with Gasteiger partial charge in [0.15, 0.2) is 0 Å². The summed E-state index contributed by atoms with van der Waals surface area (Å²) < 4.78 is 0. The summed E-state index contributed by atoms with van der Waals surface area (Å²) >= 11 is 0. The third-order valence-corrected chi connectivity index (χ3v) is 0. The van der Waals surface area contributed by atoms with Crippen molar-refractivity contribution in [2.45, 2.75) is 14.9 Å². The minimum Gasteiger partial charge on any atom is -0.0776 e. The maximum atomic E-state index is 6.00. The van der Waals surface area contributed by atoms with Crippen LogP contribution in [0.1, 0.15) is 14.9 Å². The van der Waals surface area contributed by atoms with Crippen molar-refractivity contribution >= 4 is 0 Å². The molecular weight excluding hydrogens is 80.0 g/mol. The maximum absolute atomic E-state index is 6.00. The molecule has 0 aromatic rings. The molecule has 4 heteroatoms. The van der Waals surface area contributed by atoms with Crippen molar-refractivity contribution < 1.29 is 0 Å². The first kappa shape index (κ1) is 101. The Bertz CT molecular complexity index is 21.0. The van der Waals surface area contributed by atoms with Crippen molar-refractivity contribution in [1.29, 1.82) is 21.6 Å². The minimum atomic E-state index is 0. The molecule has 0 atom stereocenters. The van der Waals surface area contributed by atoms with E-state index >= 15 is 0 Å². The first-order valence-corrected chi connectivity index (χ1v) is 0.400. The second-order valence-electron chi connectivity index (χ2n) is 0. The van der Waals surface area contributed by atoms with Gasteiger partial charge in [0.05, 0.1) is 0 Å². The highest BCUT2D eigenvalue weighted by Gasteiger charge is 0.579. The summed E-state index contributed by atoms with van der Waals surface area (Å²) in [6.07, 6.45) is 0. The molecule has 0 aliphatic carbocycles. The Hall–Kier alpha value is -1.16. The molecule has 0 bridgehead atoms. The van der Waals surface area contributed by atoms with Crippen molar-refractivity contribution in [2.75, 3.05) is 0 Å². The molecular formula is C2H8N4. The van der Waals surface area contributed by atoms with E-state index in [0.29, 0.717) is 0 Å². The standard InChI is InChI=1S/2CH4.2N2/c;;2*1-2/h2*1H4;;. The van der Waals surface area contributed by atoms with Crippen LogP contribution in [0, 0.1) is 21.6 Å². The van der Waals surface area contributed by atoms with E-state index in [0.717, 1.165) is 0 Å². The van der Waals surface area contributed by atoms with Gasteiger partial charge in [-0.25, -0.2) is 0 Å². The molecule has 0 radical (unpaired) electrons. The molecule has 0 fully saturated rings. The zero-order valence-electron chi connectivity index (χ0n) is 1.79. The first-order valence-electron chi connectivity index (χ1n) is 0.400. The van der Waals surface area contributed by atoms with Crippen LogP contribution in [0.2, 0.25) is 0 Å². The highest BCUT2D eigenvalue weighted by atomic mass is 14.6. The molecule has 0 rings (SSSR count). The van der Waals surface area contributed by atoms with Gasteiger partial charge in [0.2, 0.25) is 0 Å². The molecule has 0 saturated heterocycles. The lowest BCUT2D eigenvalue weighted by Crippen LogP contribution is -0.562. The summed E-state index contributed by atoms with van der Waals surface area (Å²) in [7, 11) is 0. The predicted octanol–water partition coefficient (Wildman–Crippen LogP) is 1.33. The van der Waals surface area contributed by atoms with Crippen molar-refractivity contribution in [3.05, 3.63) is 0 Å². The molecule has 0 aromatic heterocycles. The maximum Gasteiger partial charge on any atom is 0 e. The third kappa shape index (κ3) is 7.15. The van der Waals surface area contributed by atoms with Gasteiger partial charge in [-0.05, 0) is 0 Å². The Balaban J connectivity index is -0.00000000500. The average molecular weight is 88.1 g/mol. The Morgan fingerprint density at radius 3 is 0.500 bits per heavy atom. The normalized spacial score (nSPS) is 0.667. The molecule has 4 nitrogen and oxygen atoms in total. The molecule has 0 saturated carbocycles. The smallest absolute Gasteiger partial charge is 0 e. The number of rotatable bonds is 0. The van der Waals surface area contributed by atoms with Crippen LogP contribution < -0.4 is 0 Å². The van der Waals surface area contributed by atoms with Crippen LogP contribution in [0.5, 0.6) is 0 Å². The molecule has 0 aliphatic heterocycles. The summed E-state index contributed by atoms with van der Waals surface area (Å²) in [4.78, 5) is 0. The van der Waals surface area contributed by atoms with Gasteiger partial charge < -0.3 is 0 Å². The number of hydrogen-bond acceptors (Lipinski definition) is 4. The molecule has 0 unspecified atom stereocenters. The van der Waals surface area contributed by atoms with Crippen LogP contribution >= 0.6 is 0 Å². The van der Waals surface area contributed by atoms with Crippen LogP contribution in [0.15, 0.2) is 0 Å². The van der Waals surface area contributed by atoms with E-state index in [1.807, 2.05) is 0 Å². The molecule has 0 N–H and O–H groups in total. The second kappa shape index (κ2) is 23.0. The fraction of sp³-hybridized carbons (Fsp3) is 1.00. The van der Waals surface area contributed by atoms with Crippen LogP contribution in [0.3, 0.4) is 0 Å². The Morgan fingerprint density at radius 2 is 0.500 bits per heavy atom. The van der Waals surface area contributed by atoms with Crippen molar-refractivity contribution in [3.63, 3.8) is 0 Å². The van der Waals surface area contributed by atoms with Crippen LogP contribution in [-0.4, -0.2) is 0 Å². The molecule has 6 heavy (non-hydrogen) atoms. The van der Waals surface area contributed by atoms with E-state index in [9.17, 15) is 0 Å². The van der Waals surface area contributed by atoms with Gasteiger partial charge in [0.1, 0.15) is 0 Å². The molecule has 0 heterocycles. The van der Waals surface area contributed by atoms with E-state index in [-0.39, 0.29) is 14.9 Å². The highest BCUT2D eigenvalue weighted by molar-refractivity contribution is 2.50. The van der Waals surface area contributed by atoms with Crippen molar-refractivity contribution in [1.82, 2.24) is 0 Å². The van der Waals surface area contributed by atoms with Gasteiger partial charge >= 0.3 is 0 Å². The Morgan fingerprint density at radius 1 is 0.500 bits per heavy atom. The van der Waals surface area contributed by atoms with E-state index in [1.54, 1.807) is 0 Å². The molecule has 36 valence electrons. The SMILES string of the molecule is C.C.N#N.N#N. The van der Waals surface area contributed by atoms with Gasteiger partial charge in [0, 0.05) is 21.6 Å². The summed E-state index contributed by atoms with van der Waals surface area (Å²) in [5.41, 5.74) is 0. The highest BCUT2D eigenvalue weighted by Crippen LogP contribution is 0.594. The summed E-state index contributed by atoms with van der Waals surface area (Å²) in [6, 6.07) is 0. The predicted molar refractivity (Wildman–Crippen MR) is 20.4 cm³/mol. The van der Waals surface area contributed by atoms with E-state index in [2.05, 4.69) is 0 Å². The van der Waals surface area contributed by atoms with Gasteiger partial charge in [-0.2, -0.15) is 0 Å². The molecule has 0 aliphatic rings. The van der Waals surface area contributed by atoms with E-state index < -0.39 is 0 Å². The minimum absolute atomic E-state index is 0. The fourth-order valence-corrected chi connectivity index (χ4v) is 0. The topological polar surface area (TPSA) is 95.2 Å². The molecule has 0 aromatic carbocycles. The lowest BCUT2D eigenvalue weighted by atomic mass is 12.0. The number of nitrogens with zero attached hydrogens (tertiary/aromatic N) is 4. The largest absolute Gasteiger partial charge is 0.0776 e. The van der Waals surface area contributed by atoms with Crippen LogP contribution in [-0.2, 0) is 0 Å². The summed E-state index contributed by atoms with van der Waals surface area (Å²) in [5, 5.41) is 24.0. The second-order valence-corrected chi connectivity index (χ2v) is 0. The van der Waals surface area contributed by atoms with Crippen LogP contribution in [0.25, 0.3) is 0 Å². The Labute approximate surface area is 37.6 Å². The van der Waals surface area contributed by atoms with Gasteiger partial charge in [-0.1, -0.05) is 14.9 Å². The Kier molecular flexibility index (Phi) is 388. The molecule has 0 spiro atoms. The third-order valence-electron chi connectivity index (χ3n) is 0. The van der Waals surface area contributed by atoms with Crippen molar-refractivity contribution in [2.24, 2.45) is 0 Å². The van der Waals surface area contributed by atoms with E-state index in [1.165, 1.54) is 0 Å². The molecule has 0 amide bonds. The lowest BCUT2D eigenvalue weighted by Gasteiger charge is -0.577. The van der Waals surface area contributed by atoms with Crippen LogP contribution in [0.4, 0.5) is 0 Å². The van der Waals surface area contributed by atoms with E-state index in [4.69, 9.17) is 21.6 Å². The zero-order valence-corrected chi connectivity index (χ0v) is 1.79. The van der Waals surface area contributed by atoms with Crippen molar-refractivity contribution in [3.8, 4) is 0 Å². The van der Waals surface area contributed by atoms with Gasteiger partial charge in [0.25, 0.3) is 0 Å². The fourth-order valence-electron chi connectivity index (χ4n) is 0. The van der Waals surface area contributed by atoms with Gasteiger partial charge in [-0.3, -0.25) is 0 Å². The zero-order chi connectivity index (χ0) is 4.00. The average Bonchev–Trinajstić information content (AvgIpc) is 1.50. The summed E-state index contributed by atoms with van der Waals surface area (Å²) in [5.74, 6) is 0. The first-order chi connectivity index (χ1) is 2.00. The monoisotopic (exact) mass is 88.1 g/mol. The quantitative estimate of drug-likeness (QED) is 0.417. The lowest BCUT2D eigenvalue weighted by molar-refractivity contribution is 1.15.